The number of aromatic nitrogens is 1. The molecule has 0 spiro atoms. The molecule has 0 bridgehead atoms. The van der Waals surface area contributed by atoms with E-state index in [9.17, 15) is 0 Å². The number of hydrogen-bond donors (Lipinski definition) is 3. The molecule has 0 atom stereocenters. The van der Waals surface area contributed by atoms with Gasteiger partial charge in [0.15, 0.2) is 0 Å². The van der Waals surface area contributed by atoms with Crippen LogP contribution in [0.5, 0.6) is 11.5 Å². The van der Waals surface area contributed by atoms with Gasteiger partial charge >= 0.3 is 0 Å². The summed E-state index contributed by atoms with van der Waals surface area (Å²) in [5, 5.41) is 3.43. The van der Waals surface area contributed by atoms with Crippen LogP contribution in [0.2, 0.25) is 0 Å². The highest BCUT2D eigenvalue weighted by molar-refractivity contribution is 5.79. The van der Waals surface area contributed by atoms with Gasteiger partial charge in [-0.25, -0.2) is 0 Å². The number of piperidine rings is 1. The maximum absolute atomic E-state index is 6.03. The summed E-state index contributed by atoms with van der Waals surface area (Å²) >= 11 is 0. The number of nitrogens with two attached hydrogens (primary N) is 2. The van der Waals surface area contributed by atoms with Gasteiger partial charge in [0.05, 0.1) is 24.6 Å². The molecule has 1 fully saturated rings. The molecule has 3 aromatic rings. The van der Waals surface area contributed by atoms with Crippen LogP contribution in [0.4, 0.5) is 11.4 Å². The fourth-order valence-electron chi connectivity index (χ4n) is 5.75. The van der Waals surface area contributed by atoms with Crippen LogP contribution >= 0.6 is 0 Å². The Balaban J connectivity index is 0.000000142. The Morgan fingerprint density at radius 2 is 1.44 bits per heavy atom. The van der Waals surface area contributed by atoms with E-state index in [1.807, 2.05) is 30.6 Å². The fourth-order valence-corrected chi connectivity index (χ4v) is 5.75. The van der Waals surface area contributed by atoms with Gasteiger partial charge < -0.3 is 26.3 Å². The normalized spacial score (nSPS) is 16.6. The van der Waals surface area contributed by atoms with Crippen molar-refractivity contribution in [2.75, 3.05) is 37.8 Å². The lowest BCUT2D eigenvalue weighted by molar-refractivity contribution is 0.358. The van der Waals surface area contributed by atoms with Crippen molar-refractivity contribution in [1.82, 2.24) is 10.3 Å². The third-order valence-electron chi connectivity index (χ3n) is 7.18. The molecule has 6 nitrogen and oxygen atoms in total. The lowest BCUT2D eigenvalue weighted by Gasteiger charge is -2.26. The second-order valence-corrected chi connectivity index (χ2v) is 9.43. The third kappa shape index (κ3) is 4.18. The van der Waals surface area contributed by atoms with Gasteiger partial charge in [-0.05, 0) is 97.8 Å². The number of nitrogens with zero attached hydrogens (tertiary/aromatic N) is 1. The Kier molecular flexibility index (Phi) is 6.33. The zero-order valence-electron chi connectivity index (χ0n) is 20.1. The quantitative estimate of drug-likeness (QED) is 0.488. The van der Waals surface area contributed by atoms with Crippen LogP contribution in [0, 0.1) is 13.8 Å². The molecule has 0 amide bonds. The SMILES string of the molecule is Cc1cc(N)c2c(c1-c1ccncc1)CCO2.Cc1cc(N)c2c(c1C1CCNCC1)CCO2. The second kappa shape index (κ2) is 9.55. The second-order valence-electron chi connectivity index (χ2n) is 9.43. The van der Waals surface area contributed by atoms with Gasteiger partial charge in [0, 0.05) is 36.4 Å². The number of nitrogen functional groups attached to an aromatic ring is 2. The molecule has 34 heavy (non-hydrogen) atoms. The maximum atomic E-state index is 6.03. The first-order chi connectivity index (χ1) is 16.5. The number of rotatable bonds is 2. The molecular weight excluding hydrogens is 424 g/mol. The van der Waals surface area contributed by atoms with Crippen molar-refractivity contribution in [3.63, 3.8) is 0 Å². The number of pyridine rings is 1. The van der Waals surface area contributed by atoms with Crippen molar-refractivity contribution in [2.24, 2.45) is 0 Å². The third-order valence-corrected chi connectivity index (χ3v) is 7.18. The molecule has 178 valence electrons. The number of benzene rings is 2. The van der Waals surface area contributed by atoms with Gasteiger partial charge in [-0.2, -0.15) is 0 Å². The molecule has 1 saturated heterocycles. The Morgan fingerprint density at radius 1 is 0.853 bits per heavy atom. The van der Waals surface area contributed by atoms with Crippen LogP contribution in [0.1, 0.15) is 46.6 Å². The van der Waals surface area contributed by atoms with E-state index in [-0.39, 0.29) is 0 Å². The summed E-state index contributed by atoms with van der Waals surface area (Å²) in [7, 11) is 0. The highest BCUT2D eigenvalue weighted by Crippen LogP contribution is 2.42. The van der Waals surface area contributed by atoms with E-state index in [1.165, 1.54) is 51.8 Å². The minimum atomic E-state index is 0.687. The minimum Gasteiger partial charge on any atom is -0.491 e. The van der Waals surface area contributed by atoms with Crippen LogP contribution < -0.4 is 26.3 Å². The summed E-state index contributed by atoms with van der Waals surface area (Å²) in [6.07, 6.45) is 8.05. The smallest absolute Gasteiger partial charge is 0.146 e. The molecule has 4 heterocycles. The van der Waals surface area contributed by atoms with Crippen molar-refractivity contribution in [1.29, 1.82) is 0 Å². The largest absolute Gasteiger partial charge is 0.491 e. The highest BCUT2D eigenvalue weighted by Gasteiger charge is 2.27. The monoisotopic (exact) mass is 458 g/mol. The highest BCUT2D eigenvalue weighted by atomic mass is 16.5. The number of hydrogen-bond acceptors (Lipinski definition) is 6. The van der Waals surface area contributed by atoms with Crippen LogP contribution in [0.3, 0.4) is 0 Å². The summed E-state index contributed by atoms with van der Waals surface area (Å²) < 4.78 is 11.3. The Bertz CT molecular complexity index is 1190. The van der Waals surface area contributed by atoms with Crippen LogP contribution in [-0.2, 0) is 12.8 Å². The van der Waals surface area contributed by atoms with Gasteiger partial charge in [0.1, 0.15) is 11.5 Å². The van der Waals surface area contributed by atoms with E-state index < -0.39 is 0 Å². The molecule has 1 aromatic heterocycles. The standard InChI is InChI=1S/C14H20N2O.C14H14N2O/c2*1-9-8-12(15)14-11(4-7-17-14)13(9)10-2-5-16-6-3-10/h8,10,16H,2-7,15H2,1H3;2-3,5-6,8H,4,7,15H2,1H3. The molecule has 3 aliphatic heterocycles. The minimum absolute atomic E-state index is 0.687. The average molecular weight is 459 g/mol. The lowest BCUT2D eigenvalue weighted by atomic mass is 9.83. The molecule has 0 unspecified atom stereocenters. The molecule has 0 radical (unpaired) electrons. The van der Waals surface area contributed by atoms with Crippen molar-refractivity contribution in [3.05, 3.63) is 64.5 Å². The molecule has 2 aromatic carbocycles. The number of fused-ring (bicyclic) bond motifs is 2. The summed E-state index contributed by atoms with van der Waals surface area (Å²) in [5.74, 6) is 2.51. The summed E-state index contributed by atoms with van der Waals surface area (Å²) in [4.78, 5) is 4.06. The van der Waals surface area contributed by atoms with E-state index in [0.29, 0.717) is 5.92 Å². The number of aryl methyl sites for hydroxylation is 2. The van der Waals surface area contributed by atoms with Crippen LogP contribution in [0.15, 0.2) is 36.7 Å². The molecule has 5 N–H and O–H groups in total. The summed E-state index contributed by atoms with van der Waals surface area (Å²) in [6, 6.07) is 8.12. The number of anilines is 2. The zero-order valence-corrected chi connectivity index (χ0v) is 20.1. The van der Waals surface area contributed by atoms with Gasteiger partial charge in [-0.3, -0.25) is 4.98 Å². The zero-order chi connectivity index (χ0) is 23.7. The maximum Gasteiger partial charge on any atom is 0.146 e. The molecule has 6 heteroatoms. The topological polar surface area (TPSA) is 95.4 Å². The van der Waals surface area contributed by atoms with E-state index in [1.54, 1.807) is 0 Å². The van der Waals surface area contributed by atoms with Crippen molar-refractivity contribution in [3.8, 4) is 22.6 Å². The van der Waals surface area contributed by atoms with Gasteiger partial charge in [0.2, 0.25) is 0 Å². The fraction of sp³-hybridized carbons (Fsp3) is 0.393. The Morgan fingerprint density at radius 3 is 2.12 bits per heavy atom. The summed E-state index contributed by atoms with van der Waals surface area (Å²) in [5.41, 5.74) is 22.7. The molecular formula is C28H34N4O2. The molecule has 3 aliphatic rings. The van der Waals surface area contributed by atoms with Crippen LogP contribution in [0.25, 0.3) is 11.1 Å². The average Bonchev–Trinajstić information content (AvgIpc) is 3.52. The first-order valence-corrected chi connectivity index (χ1v) is 12.2. The van der Waals surface area contributed by atoms with Crippen molar-refractivity contribution in [2.45, 2.75) is 45.4 Å². The van der Waals surface area contributed by atoms with E-state index in [0.717, 1.165) is 62.0 Å². The predicted octanol–water partition coefficient (Wildman–Crippen LogP) is 4.55. The first kappa shape index (κ1) is 22.5. The first-order valence-electron chi connectivity index (χ1n) is 12.2. The number of ether oxygens (including phenoxy) is 2. The predicted molar refractivity (Wildman–Crippen MR) is 138 cm³/mol. The van der Waals surface area contributed by atoms with Gasteiger partial charge in [0.25, 0.3) is 0 Å². The van der Waals surface area contributed by atoms with E-state index >= 15 is 0 Å². The van der Waals surface area contributed by atoms with E-state index in [2.05, 4.69) is 30.2 Å². The Labute approximate surface area is 201 Å². The molecule has 0 aliphatic carbocycles. The van der Waals surface area contributed by atoms with Crippen molar-refractivity contribution >= 4 is 11.4 Å². The van der Waals surface area contributed by atoms with Gasteiger partial charge in [-0.15, -0.1) is 0 Å². The molecule has 6 rings (SSSR count). The van der Waals surface area contributed by atoms with E-state index in [4.69, 9.17) is 20.9 Å². The molecule has 0 saturated carbocycles. The Hall–Kier alpha value is -3.25. The number of nitrogens with one attached hydrogen (secondary N) is 1. The van der Waals surface area contributed by atoms with Gasteiger partial charge in [-0.1, -0.05) is 0 Å². The lowest BCUT2D eigenvalue weighted by Crippen LogP contribution is -2.27. The summed E-state index contributed by atoms with van der Waals surface area (Å²) in [6.45, 7) is 8.05. The van der Waals surface area contributed by atoms with Crippen LogP contribution in [-0.4, -0.2) is 31.3 Å². The van der Waals surface area contributed by atoms with Crippen molar-refractivity contribution < 1.29 is 9.47 Å².